The van der Waals surface area contributed by atoms with Gasteiger partial charge in [-0.15, -0.1) is 0 Å². The number of imidazole rings is 1. The third-order valence-electron chi connectivity index (χ3n) is 1.77. The van der Waals surface area contributed by atoms with Crippen LogP contribution in [0.1, 0.15) is 18.4 Å². The van der Waals surface area contributed by atoms with Gasteiger partial charge in [-0.05, 0) is 12.5 Å². The molecule has 0 N–H and O–H groups in total. The first kappa shape index (κ1) is 11.7. The average molecular weight is 222 g/mol. The summed E-state index contributed by atoms with van der Waals surface area (Å²) in [5.41, 5.74) is -0.645. The molecule has 0 saturated carbocycles. The van der Waals surface area contributed by atoms with E-state index in [0.29, 0.717) is 5.57 Å². The van der Waals surface area contributed by atoms with Crippen LogP contribution >= 0.6 is 0 Å². The third-order valence-corrected chi connectivity index (χ3v) is 1.77. The van der Waals surface area contributed by atoms with Crippen molar-refractivity contribution in [3.63, 3.8) is 0 Å². The van der Waals surface area contributed by atoms with Crippen LogP contribution in [-0.2, 0) is 12.7 Å². The third kappa shape index (κ3) is 2.57. The normalized spacial score (nSPS) is 11.8. The quantitative estimate of drug-likeness (QED) is 0.719. The Hall–Kier alpha value is -1.33. The zero-order chi connectivity index (χ0) is 11.6. The van der Waals surface area contributed by atoms with E-state index in [1.165, 1.54) is 6.92 Å². The highest BCUT2D eigenvalue weighted by Gasteiger charge is 2.34. The molecule has 0 spiro atoms. The van der Waals surface area contributed by atoms with Crippen molar-refractivity contribution < 1.29 is 17.6 Å². The standard InChI is InChI=1S/C9H10F4N2/c1-6(2)8-14-7(9(11,12)13)5-15(8)4-3-10/h5H,1,3-4H2,2H3. The molecular formula is C9H10F4N2. The molecule has 0 saturated heterocycles. The van der Waals surface area contributed by atoms with Crippen molar-refractivity contribution in [3.05, 3.63) is 24.3 Å². The van der Waals surface area contributed by atoms with Crippen LogP contribution in [0.2, 0.25) is 0 Å². The first-order chi connectivity index (χ1) is 6.86. The van der Waals surface area contributed by atoms with Crippen molar-refractivity contribution in [2.24, 2.45) is 0 Å². The molecule has 2 nitrogen and oxygen atoms in total. The molecule has 1 aromatic rings. The second-order valence-corrected chi connectivity index (χ2v) is 3.11. The highest BCUT2D eigenvalue weighted by atomic mass is 19.4. The second kappa shape index (κ2) is 4.04. The SMILES string of the molecule is C=C(C)c1nc(C(F)(F)F)cn1CCF. The van der Waals surface area contributed by atoms with E-state index < -0.39 is 18.5 Å². The average Bonchev–Trinajstić information content (AvgIpc) is 2.48. The van der Waals surface area contributed by atoms with E-state index in [1.54, 1.807) is 0 Å². The van der Waals surface area contributed by atoms with Gasteiger partial charge in [-0.1, -0.05) is 6.58 Å². The van der Waals surface area contributed by atoms with Gasteiger partial charge in [0.25, 0.3) is 0 Å². The molecule has 0 radical (unpaired) electrons. The molecule has 1 aromatic heterocycles. The minimum absolute atomic E-state index is 0.0694. The second-order valence-electron chi connectivity index (χ2n) is 3.11. The molecular weight excluding hydrogens is 212 g/mol. The summed E-state index contributed by atoms with van der Waals surface area (Å²) in [7, 11) is 0. The minimum Gasteiger partial charge on any atom is -0.328 e. The highest BCUT2D eigenvalue weighted by Crippen LogP contribution is 2.29. The molecule has 84 valence electrons. The Balaban J connectivity index is 3.15. The molecule has 6 heteroatoms. The summed E-state index contributed by atoms with van der Waals surface area (Å²) in [6.45, 7) is 4.13. The molecule has 15 heavy (non-hydrogen) atoms. The molecule has 0 unspecified atom stereocenters. The summed E-state index contributed by atoms with van der Waals surface area (Å²) in [6.07, 6.45) is -3.71. The number of allylic oxidation sites excluding steroid dienone is 1. The highest BCUT2D eigenvalue weighted by molar-refractivity contribution is 5.55. The molecule has 0 atom stereocenters. The van der Waals surface area contributed by atoms with E-state index in [0.717, 1.165) is 10.8 Å². The number of hydrogen-bond donors (Lipinski definition) is 0. The topological polar surface area (TPSA) is 17.8 Å². The van der Waals surface area contributed by atoms with E-state index in [-0.39, 0.29) is 12.4 Å². The van der Waals surface area contributed by atoms with Crippen LogP contribution < -0.4 is 0 Å². The van der Waals surface area contributed by atoms with Crippen LogP contribution in [0.15, 0.2) is 12.8 Å². The van der Waals surface area contributed by atoms with Crippen molar-refractivity contribution in [2.45, 2.75) is 19.6 Å². The van der Waals surface area contributed by atoms with E-state index in [2.05, 4.69) is 11.6 Å². The maximum Gasteiger partial charge on any atom is 0.434 e. The molecule has 0 fully saturated rings. The maximum absolute atomic E-state index is 12.3. The van der Waals surface area contributed by atoms with Crippen molar-refractivity contribution in [2.75, 3.05) is 6.67 Å². The van der Waals surface area contributed by atoms with Crippen LogP contribution in [-0.4, -0.2) is 16.2 Å². The maximum atomic E-state index is 12.3. The fraction of sp³-hybridized carbons (Fsp3) is 0.444. The van der Waals surface area contributed by atoms with Crippen molar-refractivity contribution in [1.82, 2.24) is 9.55 Å². The van der Waals surface area contributed by atoms with Gasteiger partial charge in [0.1, 0.15) is 12.5 Å². The van der Waals surface area contributed by atoms with Crippen LogP contribution in [0.25, 0.3) is 5.57 Å². The minimum atomic E-state index is -4.51. The van der Waals surface area contributed by atoms with Crippen molar-refractivity contribution in [3.8, 4) is 0 Å². The van der Waals surface area contributed by atoms with Gasteiger partial charge in [0, 0.05) is 6.20 Å². The molecule has 0 amide bonds. The van der Waals surface area contributed by atoms with Gasteiger partial charge in [0.2, 0.25) is 0 Å². The Bertz CT molecular complexity index is 365. The number of halogens is 4. The first-order valence-corrected chi connectivity index (χ1v) is 4.22. The first-order valence-electron chi connectivity index (χ1n) is 4.22. The van der Waals surface area contributed by atoms with Gasteiger partial charge in [-0.25, -0.2) is 9.37 Å². The fourth-order valence-corrected chi connectivity index (χ4v) is 1.15. The van der Waals surface area contributed by atoms with Crippen molar-refractivity contribution >= 4 is 5.57 Å². The molecule has 0 aromatic carbocycles. The predicted octanol–water partition coefficient (Wildman–Crippen LogP) is 2.90. The lowest BCUT2D eigenvalue weighted by molar-refractivity contribution is -0.141. The fourth-order valence-electron chi connectivity index (χ4n) is 1.15. The number of hydrogen-bond acceptors (Lipinski definition) is 1. The summed E-state index contributed by atoms with van der Waals surface area (Å²) in [5.74, 6) is 0.0694. The zero-order valence-electron chi connectivity index (χ0n) is 8.10. The van der Waals surface area contributed by atoms with E-state index in [9.17, 15) is 17.6 Å². The molecule has 0 aliphatic heterocycles. The van der Waals surface area contributed by atoms with Crippen molar-refractivity contribution in [1.29, 1.82) is 0 Å². The molecule has 0 aliphatic carbocycles. The largest absolute Gasteiger partial charge is 0.434 e. The predicted molar refractivity (Wildman–Crippen MR) is 47.9 cm³/mol. The Kier molecular flexibility index (Phi) is 3.16. The summed E-state index contributed by atoms with van der Waals surface area (Å²) in [6, 6.07) is 0. The van der Waals surface area contributed by atoms with Gasteiger partial charge in [-0.3, -0.25) is 0 Å². The number of alkyl halides is 4. The lowest BCUT2D eigenvalue weighted by atomic mass is 10.3. The summed E-state index contributed by atoms with van der Waals surface area (Å²) in [4.78, 5) is 3.37. The lowest BCUT2D eigenvalue weighted by Gasteiger charge is -2.02. The zero-order valence-corrected chi connectivity index (χ0v) is 8.10. The Labute approximate surface area is 84.2 Å². The summed E-state index contributed by atoms with van der Waals surface area (Å²) in [5, 5.41) is 0. The van der Waals surface area contributed by atoms with E-state index >= 15 is 0 Å². The van der Waals surface area contributed by atoms with Crippen LogP contribution in [0.3, 0.4) is 0 Å². The number of rotatable bonds is 3. The van der Waals surface area contributed by atoms with Crippen LogP contribution in [0, 0.1) is 0 Å². The number of aryl methyl sites for hydroxylation is 1. The van der Waals surface area contributed by atoms with Crippen LogP contribution in [0.5, 0.6) is 0 Å². The number of aromatic nitrogens is 2. The van der Waals surface area contributed by atoms with Gasteiger partial charge < -0.3 is 4.57 Å². The summed E-state index contributed by atoms with van der Waals surface area (Å²) >= 11 is 0. The molecule has 0 bridgehead atoms. The van der Waals surface area contributed by atoms with E-state index in [4.69, 9.17) is 0 Å². The van der Waals surface area contributed by atoms with Gasteiger partial charge in [0.15, 0.2) is 5.69 Å². The van der Waals surface area contributed by atoms with Gasteiger partial charge >= 0.3 is 6.18 Å². The van der Waals surface area contributed by atoms with E-state index in [1.807, 2.05) is 0 Å². The number of nitrogens with zero attached hydrogens (tertiary/aromatic N) is 2. The Morgan fingerprint density at radius 1 is 1.53 bits per heavy atom. The molecule has 0 aliphatic rings. The molecule has 1 rings (SSSR count). The summed E-state index contributed by atoms with van der Waals surface area (Å²) < 4.78 is 50.0. The van der Waals surface area contributed by atoms with Crippen LogP contribution in [0.4, 0.5) is 17.6 Å². The van der Waals surface area contributed by atoms with Gasteiger partial charge in [-0.2, -0.15) is 13.2 Å². The Morgan fingerprint density at radius 2 is 2.13 bits per heavy atom. The van der Waals surface area contributed by atoms with Gasteiger partial charge in [0.05, 0.1) is 6.54 Å². The Morgan fingerprint density at radius 3 is 2.53 bits per heavy atom. The smallest absolute Gasteiger partial charge is 0.328 e. The monoisotopic (exact) mass is 222 g/mol. The lowest BCUT2D eigenvalue weighted by Crippen LogP contribution is -2.05. The molecule has 1 heterocycles.